The monoisotopic (exact) mass is 138 g/mol. The minimum absolute atomic E-state index is 0.0828. The van der Waals surface area contributed by atoms with E-state index in [9.17, 15) is 4.48 Å². The Bertz CT molecular complexity index is 231. The summed E-state index contributed by atoms with van der Waals surface area (Å²) in [6.07, 6.45) is 0. The molecule has 1 aromatic rings. The summed E-state index contributed by atoms with van der Waals surface area (Å²) in [6.45, 7) is 0. The summed E-state index contributed by atoms with van der Waals surface area (Å²) >= 11 is 0. The van der Waals surface area contributed by atoms with E-state index in [1.54, 1.807) is 24.3 Å². The van der Waals surface area contributed by atoms with Crippen LogP contribution < -0.4 is 5.73 Å². The minimum Gasteiger partial charge on any atom is -0.381 e. The Balaban J connectivity index is 2.96. The second-order valence-electron chi connectivity index (χ2n) is 1.84. The van der Waals surface area contributed by atoms with Gasteiger partial charge in [-0.1, -0.05) is 40.0 Å². The lowest BCUT2D eigenvalue weighted by Gasteiger charge is -1.93. The fourth-order valence-electron chi connectivity index (χ4n) is 0.658. The Morgan fingerprint density at radius 3 is 2.40 bits per heavy atom. The van der Waals surface area contributed by atoms with Crippen LogP contribution in [0.1, 0.15) is 5.56 Å². The Labute approximate surface area is 58.1 Å². The Morgan fingerprint density at radius 1 is 1.30 bits per heavy atom. The molecule has 0 saturated heterocycles. The van der Waals surface area contributed by atoms with Crippen molar-refractivity contribution in [1.82, 2.24) is 0 Å². The molecule has 0 aliphatic carbocycles. The molecule has 10 heavy (non-hydrogen) atoms. The molecule has 2 N–H and O–H groups in total. The largest absolute Gasteiger partial charge is 0.381 e. The standard InChI is InChI=1S/C7H7FN2/c8-10-7(9)6-4-2-1-3-5-6/h1-5H,(H2,9,10). The molecule has 0 unspecified atom stereocenters. The van der Waals surface area contributed by atoms with E-state index in [1.165, 1.54) is 0 Å². The second kappa shape index (κ2) is 2.96. The van der Waals surface area contributed by atoms with Gasteiger partial charge in [-0.25, -0.2) is 0 Å². The highest BCUT2D eigenvalue weighted by molar-refractivity contribution is 5.96. The molecule has 1 rings (SSSR count). The summed E-state index contributed by atoms with van der Waals surface area (Å²) in [7, 11) is 0. The van der Waals surface area contributed by atoms with Crippen LogP contribution in [0.5, 0.6) is 0 Å². The van der Waals surface area contributed by atoms with Crippen molar-refractivity contribution in [1.29, 1.82) is 0 Å². The van der Waals surface area contributed by atoms with Crippen molar-refractivity contribution in [3.63, 3.8) is 0 Å². The van der Waals surface area contributed by atoms with E-state index in [1.807, 2.05) is 6.07 Å². The molecular formula is C7H7FN2. The number of hydrogen-bond donors (Lipinski definition) is 1. The number of benzene rings is 1. The predicted octanol–water partition coefficient (Wildman–Crippen LogP) is 1.28. The van der Waals surface area contributed by atoms with Crippen LogP contribution in [0.15, 0.2) is 35.5 Å². The summed E-state index contributed by atoms with van der Waals surface area (Å²) in [5.41, 5.74) is 5.77. The van der Waals surface area contributed by atoms with Gasteiger partial charge < -0.3 is 5.73 Å². The summed E-state index contributed by atoms with van der Waals surface area (Å²) in [5.74, 6) is -0.0828. The molecule has 0 heterocycles. The summed E-state index contributed by atoms with van der Waals surface area (Å²) in [6, 6.07) is 8.76. The molecule has 52 valence electrons. The van der Waals surface area contributed by atoms with E-state index >= 15 is 0 Å². The number of halogens is 1. The van der Waals surface area contributed by atoms with Gasteiger partial charge in [0.05, 0.1) is 0 Å². The fourth-order valence-corrected chi connectivity index (χ4v) is 0.658. The first-order valence-corrected chi connectivity index (χ1v) is 2.84. The van der Waals surface area contributed by atoms with Gasteiger partial charge in [0.15, 0.2) is 5.84 Å². The van der Waals surface area contributed by atoms with E-state index in [-0.39, 0.29) is 5.84 Å². The molecule has 3 heteroatoms. The Kier molecular flexibility index (Phi) is 1.99. The molecule has 0 fully saturated rings. The van der Waals surface area contributed by atoms with Crippen LogP contribution in [0.3, 0.4) is 0 Å². The van der Waals surface area contributed by atoms with Gasteiger partial charge in [-0.05, 0) is 0 Å². The zero-order valence-electron chi connectivity index (χ0n) is 5.29. The number of hydrogen-bond acceptors (Lipinski definition) is 1. The van der Waals surface area contributed by atoms with E-state index in [0.717, 1.165) is 0 Å². The fraction of sp³-hybridized carbons (Fsp3) is 0. The van der Waals surface area contributed by atoms with Crippen LogP contribution in [0, 0.1) is 0 Å². The van der Waals surface area contributed by atoms with E-state index in [0.29, 0.717) is 5.56 Å². The second-order valence-corrected chi connectivity index (χ2v) is 1.84. The number of nitrogens with two attached hydrogens (primary N) is 1. The lowest BCUT2D eigenvalue weighted by Crippen LogP contribution is -2.11. The molecule has 0 radical (unpaired) electrons. The lowest BCUT2D eigenvalue weighted by atomic mass is 10.2. The van der Waals surface area contributed by atoms with Gasteiger partial charge in [-0.15, -0.1) is 0 Å². The number of amidine groups is 1. The van der Waals surface area contributed by atoms with Crippen molar-refractivity contribution in [2.75, 3.05) is 0 Å². The van der Waals surface area contributed by atoms with Gasteiger partial charge in [0.25, 0.3) is 0 Å². The molecule has 0 saturated carbocycles. The predicted molar refractivity (Wildman–Crippen MR) is 38.3 cm³/mol. The molecule has 0 spiro atoms. The van der Waals surface area contributed by atoms with Gasteiger partial charge in [0.2, 0.25) is 0 Å². The quantitative estimate of drug-likeness (QED) is 0.460. The van der Waals surface area contributed by atoms with Crippen molar-refractivity contribution in [2.24, 2.45) is 10.9 Å². The molecule has 0 aliphatic heterocycles. The third-order valence-electron chi connectivity index (χ3n) is 1.16. The van der Waals surface area contributed by atoms with Gasteiger partial charge in [0.1, 0.15) is 0 Å². The molecule has 0 aromatic heterocycles. The highest BCUT2D eigenvalue weighted by Crippen LogP contribution is 1.96. The van der Waals surface area contributed by atoms with E-state index in [4.69, 9.17) is 5.73 Å². The van der Waals surface area contributed by atoms with Crippen molar-refractivity contribution >= 4 is 5.84 Å². The van der Waals surface area contributed by atoms with E-state index < -0.39 is 0 Å². The Hall–Kier alpha value is -1.38. The molecule has 2 nitrogen and oxygen atoms in total. The topological polar surface area (TPSA) is 38.4 Å². The van der Waals surface area contributed by atoms with Crippen LogP contribution in [0.25, 0.3) is 0 Å². The average molecular weight is 138 g/mol. The molecule has 0 atom stereocenters. The van der Waals surface area contributed by atoms with Crippen LogP contribution >= 0.6 is 0 Å². The Morgan fingerprint density at radius 2 is 1.90 bits per heavy atom. The maximum Gasteiger partial charge on any atom is 0.163 e. The van der Waals surface area contributed by atoms with Gasteiger partial charge in [0, 0.05) is 5.56 Å². The van der Waals surface area contributed by atoms with Crippen LogP contribution in [-0.4, -0.2) is 5.84 Å². The molecule has 1 aromatic carbocycles. The molecule has 0 amide bonds. The first-order chi connectivity index (χ1) is 4.84. The summed E-state index contributed by atoms with van der Waals surface area (Å²) in [4.78, 5) is 0. The SMILES string of the molecule is N/C(=N\F)c1ccccc1. The van der Waals surface area contributed by atoms with Crippen molar-refractivity contribution in [3.05, 3.63) is 35.9 Å². The third kappa shape index (κ3) is 1.31. The van der Waals surface area contributed by atoms with Gasteiger partial charge in [-0.3, -0.25) is 0 Å². The van der Waals surface area contributed by atoms with Crippen LogP contribution in [0.4, 0.5) is 4.48 Å². The highest BCUT2D eigenvalue weighted by atomic mass is 19.2. The first-order valence-electron chi connectivity index (χ1n) is 2.84. The van der Waals surface area contributed by atoms with Crippen molar-refractivity contribution in [2.45, 2.75) is 0 Å². The zero-order chi connectivity index (χ0) is 7.40. The maximum atomic E-state index is 11.5. The van der Waals surface area contributed by atoms with Crippen LogP contribution in [-0.2, 0) is 0 Å². The molecule has 0 bridgehead atoms. The lowest BCUT2D eigenvalue weighted by molar-refractivity contribution is 0.536. The van der Waals surface area contributed by atoms with Gasteiger partial charge in [-0.2, -0.15) is 0 Å². The first kappa shape index (κ1) is 6.74. The van der Waals surface area contributed by atoms with E-state index in [2.05, 4.69) is 5.21 Å². The number of nitrogens with zero attached hydrogens (tertiary/aromatic N) is 1. The zero-order valence-corrected chi connectivity index (χ0v) is 5.29. The molecular weight excluding hydrogens is 131 g/mol. The minimum atomic E-state index is -0.0828. The molecule has 0 aliphatic rings. The smallest absolute Gasteiger partial charge is 0.163 e. The van der Waals surface area contributed by atoms with Gasteiger partial charge >= 0.3 is 0 Å². The van der Waals surface area contributed by atoms with Crippen molar-refractivity contribution in [3.8, 4) is 0 Å². The maximum absolute atomic E-state index is 11.5. The normalized spacial score (nSPS) is 11.5. The highest BCUT2D eigenvalue weighted by Gasteiger charge is 1.93. The van der Waals surface area contributed by atoms with Crippen molar-refractivity contribution < 1.29 is 4.48 Å². The summed E-state index contributed by atoms with van der Waals surface area (Å²) < 4.78 is 11.5. The summed E-state index contributed by atoms with van der Waals surface area (Å²) in [5, 5.41) is 2.35. The number of rotatable bonds is 1. The average Bonchev–Trinajstić information content (AvgIpc) is 2.05. The third-order valence-corrected chi connectivity index (χ3v) is 1.16. The van der Waals surface area contributed by atoms with Crippen LogP contribution in [0.2, 0.25) is 0 Å².